The first-order chi connectivity index (χ1) is 7.99. The van der Waals surface area contributed by atoms with Gasteiger partial charge in [-0.25, -0.2) is 4.98 Å². The predicted octanol–water partition coefficient (Wildman–Crippen LogP) is 2.55. The van der Waals surface area contributed by atoms with Crippen LogP contribution in [-0.4, -0.2) is 20.6 Å². The highest BCUT2D eigenvalue weighted by Gasteiger charge is 2.12. The first kappa shape index (κ1) is 11.9. The fourth-order valence-electron chi connectivity index (χ4n) is 1.87. The van der Waals surface area contributed by atoms with Crippen molar-refractivity contribution in [3.8, 4) is 0 Å². The van der Waals surface area contributed by atoms with Crippen molar-refractivity contribution >= 4 is 28.6 Å². The topological polar surface area (TPSA) is 55.1 Å². The Morgan fingerprint density at radius 3 is 2.88 bits per heavy atom. The predicted molar refractivity (Wildman–Crippen MR) is 66.4 cm³/mol. The van der Waals surface area contributed by atoms with E-state index in [1.165, 1.54) is 0 Å². The molecule has 0 aliphatic heterocycles. The van der Waals surface area contributed by atoms with Crippen LogP contribution in [0.3, 0.4) is 0 Å². The summed E-state index contributed by atoms with van der Waals surface area (Å²) in [6.45, 7) is 1.97. The monoisotopic (exact) mass is 252 g/mol. The quantitative estimate of drug-likeness (QED) is 0.913. The molecule has 0 atom stereocenters. The minimum absolute atomic E-state index is 0.0771. The number of aliphatic carboxylic acids is 1. The second kappa shape index (κ2) is 4.37. The fourth-order valence-corrected chi connectivity index (χ4v) is 2.18. The molecule has 0 saturated heterocycles. The van der Waals surface area contributed by atoms with Gasteiger partial charge in [0.15, 0.2) is 0 Å². The first-order valence-electron chi connectivity index (χ1n) is 5.32. The zero-order valence-corrected chi connectivity index (χ0v) is 10.5. The lowest BCUT2D eigenvalue weighted by Crippen LogP contribution is -2.03. The number of benzene rings is 1. The largest absolute Gasteiger partial charge is 0.481 e. The first-order valence-corrected chi connectivity index (χ1v) is 5.70. The zero-order valence-electron chi connectivity index (χ0n) is 9.70. The summed E-state index contributed by atoms with van der Waals surface area (Å²) in [6.07, 6.45) is 0.490. The molecule has 2 rings (SSSR count). The van der Waals surface area contributed by atoms with Crippen molar-refractivity contribution in [3.63, 3.8) is 0 Å². The highest BCUT2D eigenvalue weighted by Crippen LogP contribution is 2.25. The summed E-state index contributed by atoms with van der Waals surface area (Å²) in [6, 6.07) is 3.86. The summed E-state index contributed by atoms with van der Waals surface area (Å²) in [4.78, 5) is 14.9. The minimum Gasteiger partial charge on any atom is -0.481 e. The van der Waals surface area contributed by atoms with E-state index in [2.05, 4.69) is 4.98 Å². The third-order valence-electron chi connectivity index (χ3n) is 2.74. The number of hydrogen-bond donors (Lipinski definition) is 1. The Kier molecular flexibility index (Phi) is 3.07. The third-order valence-corrected chi connectivity index (χ3v) is 3.03. The molecular weight excluding hydrogens is 240 g/mol. The molecule has 0 bridgehead atoms. The number of halogens is 1. The molecule has 1 N–H and O–H groups in total. The maximum atomic E-state index is 10.6. The van der Waals surface area contributed by atoms with Gasteiger partial charge in [0.05, 0.1) is 17.0 Å². The van der Waals surface area contributed by atoms with Crippen LogP contribution >= 0.6 is 11.6 Å². The van der Waals surface area contributed by atoms with Gasteiger partial charge < -0.3 is 9.67 Å². The van der Waals surface area contributed by atoms with Gasteiger partial charge in [-0.2, -0.15) is 0 Å². The number of carboxylic acids is 1. The number of imidazole rings is 1. The average molecular weight is 253 g/mol. The summed E-state index contributed by atoms with van der Waals surface area (Å²) in [7, 11) is 1.88. The Morgan fingerprint density at radius 1 is 1.53 bits per heavy atom. The molecule has 4 nitrogen and oxygen atoms in total. The van der Waals surface area contributed by atoms with E-state index in [9.17, 15) is 4.79 Å². The Morgan fingerprint density at radius 2 is 2.24 bits per heavy atom. The molecule has 1 aromatic carbocycles. The van der Waals surface area contributed by atoms with Crippen molar-refractivity contribution in [1.82, 2.24) is 9.55 Å². The van der Waals surface area contributed by atoms with Crippen LogP contribution in [0.2, 0.25) is 5.02 Å². The molecule has 0 spiro atoms. The zero-order chi connectivity index (χ0) is 12.6. The molecule has 0 amide bonds. The van der Waals surface area contributed by atoms with E-state index in [0.29, 0.717) is 11.4 Å². The lowest BCUT2D eigenvalue weighted by Gasteiger charge is -2.01. The van der Waals surface area contributed by atoms with E-state index < -0.39 is 5.97 Å². The second-order valence-electron chi connectivity index (χ2n) is 4.10. The molecule has 0 aliphatic rings. The normalized spacial score (nSPS) is 11.0. The van der Waals surface area contributed by atoms with Crippen LogP contribution in [-0.2, 0) is 18.3 Å². The Bertz CT molecular complexity index is 590. The minimum atomic E-state index is -0.820. The molecule has 0 radical (unpaired) electrons. The highest BCUT2D eigenvalue weighted by atomic mass is 35.5. The Labute approximate surface area is 104 Å². The summed E-state index contributed by atoms with van der Waals surface area (Å²) < 4.78 is 1.90. The van der Waals surface area contributed by atoms with Crippen LogP contribution in [0.1, 0.15) is 17.8 Å². The van der Waals surface area contributed by atoms with Crippen molar-refractivity contribution in [2.45, 2.75) is 19.8 Å². The van der Waals surface area contributed by atoms with Crippen LogP contribution in [0.4, 0.5) is 0 Å². The van der Waals surface area contributed by atoms with Crippen molar-refractivity contribution in [1.29, 1.82) is 0 Å². The number of aryl methyl sites for hydroxylation is 3. The summed E-state index contributed by atoms with van der Waals surface area (Å²) in [5, 5.41) is 9.28. The molecule has 1 aromatic heterocycles. The highest BCUT2D eigenvalue weighted by molar-refractivity contribution is 6.35. The molecule has 90 valence electrons. The lowest BCUT2D eigenvalue weighted by atomic mass is 10.2. The van der Waals surface area contributed by atoms with E-state index in [1.807, 2.05) is 30.7 Å². The maximum Gasteiger partial charge on any atom is 0.303 e. The van der Waals surface area contributed by atoms with Gasteiger partial charge in [0, 0.05) is 13.5 Å². The standard InChI is InChI=1S/C12H13ClN2O2/c1-7-5-8(13)12-9(6-7)15(2)10(14-12)3-4-11(16)17/h5-6H,3-4H2,1-2H3,(H,16,17). The molecule has 2 aromatic rings. The number of nitrogens with zero attached hydrogens (tertiary/aromatic N) is 2. The smallest absolute Gasteiger partial charge is 0.303 e. The number of hydrogen-bond acceptors (Lipinski definition) is 2. The van der Waals surface area contributed by atoms with Crippen molar-refractivity contribution in [2.24, 2.45) is 7.05 Å². The Hall–Kier alpha value is -1.55. The molecule has 17 heavy (non-hydrogen) atoms. The van der Waals surface area contributed by atoms with Crippen LogP contribution in [0.5, 0.6) is 0 Å². The molecule has 0 aliphatic carbocycles. The van der Waals surface area contributed by atoms with Gasteiger partial charge in [0.2, 0.25) is 0 Å². The van der Waals surface area contributed by atoms with Crippen LogP contribution in [0.15, 0.2) is 12.1 Å². The van der Waals surface area contributed by atoms with E-state index in [0.717, 1.165) is 22.4 Å². The van der Waals surface area contributed by atoms with Gasteiger partial charge in [0.25, 0.3) is 0 Å². The number of rotatable bonds is 3. The molecule has 0 fully saturated rings. The van der Waals surface area contributed by atoms with E-state index in [-0.39, 0.29) is 6.42 Å². The van der Waals surface area contributed by atoms with Crippen molar-refractivity contribution in [2.75, 3.05) is 0 Å². The second-order valence-corrected chi connectivity index (χ2v) is 4.50. The van der Waals surface area contributed by atoms with E-state index in [4.69, 9.17) is 16.7 Å². The van der Waals surface area contributed by atoms with Gasteiger partial charge in [0.1, 0.15) is 11.3 Å². The molecule has 0 unspecified atom stereocenters. The average Bonchev–Trinajstić information content (AvgIpc) is 2.54. The number of aromatic nitrogens is 2. The summed E-state index contributed by atoms with van der Waals surface area (Å²) >= 11 is 6.12. The van der Waals surface area contributed by atoms with Crippen LogP contribution in [0.25, 0.3) is 11.0 Å². The van der Waals surface area contributed by atoms with Crippen LogP contribution < -0.4 is 0 Å². The summed E-state index contributed by atoms with van der Waals surface area (Å²) in [5.41, 5.74) is 2.74. The number of carbonyl (C=O) groups is 1. The summed E-state index contributed by atoms with van der Waals surface area (Å²) in [5.74, 6) is -0.0748. The number of carboxylic acid groups (broad SMARTS) is 1. The van der Waals surface area contributed by atoms with Gasteiger partial charge >= 0.3 is 5.97 Å². The lowest BCUT2D eigenvalue weighted by molar-refractivity contribution is -0.137. The van der Waals surface area contributed by atoms with Gasteiger partial charge in [-0.3, -0.25) is 4.79 Å². The van der Waals surface area contributed by atoms with Gasteiger partial charge in [-0.05, 0) is 24.6 Å². The van der Waals surface area contributed by atoms with Crippen molar-refractivity contribution < 1.29 is 9.90 Å². The molecule has 0 saturated carbocycles. The number of fused-ring (bicyclic) bond motifs is 1. The fraction of sp³-hybridized carbons (Fsp3) is 0.333. The SMILES string of the molecule is Cc1cc(Cl)c2nc(CCC(=O)O)n(C)c2c1. The van der Waals surface area contributed by atoms with Gasteiger partial charge in [-0.15, -0.1) is 0 Å². The third kappa shape index (κ3) is 2.26. The van der Waals surface area contributed by atoms with E-state index in [1.54, 1.807) is 0 Å². The van der Waals surface area contributed by atoms with Crippen LogP contribution in [0, 0.1) is 6.92 Å². The Balaban J connectivity index is 2.49. The van der Waals surface area contributed by atoms with Gasteiger partial charge in [-0.1, -0.05) is 11.6 Å². The van der Waals surface area contributed by atoms with E-state index >= 15 is 0 Å². The molecule has 5 heteroatoms. The molecular formula is C12H13ClN2O2. The molecule has 1 heterocycles. The van der Waals surface area contributed by atoms with Crippen molar-refractivity contribution in [3.05, 3.63) is 28.5 Å². The maximum absolute atomic E-state index is 10.6.